The third-order valence-corrected chi connectivity index (χ3v) is 6.37. The minimum absolute atomic E-state index is 0.204. The first-order chi connectivity index (χ1) is 13.6. The van der Waals surface area contributed by atoms with Crippen LogP contribution in [-0.2, 0) is 14.8 Å². The Morgan fingerprint density at radius 1 is 1.17 bits per heavy atom. The van der Waals surface area contributed by atoms with Crippen LogP contribution in [0.25, 0.3) is 0 Å². The number of methoxy groups -OCH3 is 1. The van der Waals surface area contributed by atoms with Crippen molar-refractivity contribution in [1.29, 1.82) is 0 Å². The number of nitrogens with one attached hydrogen (secondary N) is 1. The summed E-state index contributed by atoms with van der Waals surface area (Å²) in [5, 5.41) is 3.39. The summed E-state index contributed by atoms with van der Waals surface area (Å²) in [5.41, 5.74) is 1.06. The molecule has 2 atom stereocenters. The van der Waals surface area contributed by atoms with Gasteiger partial charge in [0.05, 0.1) is 35.1 Å². The fraction of sp³-hybridized carbons (Fsp3) is 0.350. The van der Waals surface area contributed by atoms with E-state index in [0.29, 0.717) is 10.8 Å². The van der Waals surface area contributed by atoms with Gasteiger partial charge in [0.25, 0.3) is 0 Å². The summed E-state index contributed by atoms with van der Waals surface area (Å²) in [4.78, 5) is 13.1. The second-order valence-corrected chi connectivity index (χ2v) is 9.23. The van der Waals surface area contributed by atoms with Gasteiger partial charge in [-0.05, 0) is 37.6 Å². The highest BCUT2D eigenvalue weighted by atomic mass is 35.5. The first-order valence-corrected chi connectivity index (χ1v) is 11.6. The zero-order chi connectivity index (χ0) is 21.8. The zero-order valence-corrected chi connectivity index (χ0v) is 19.0. The maximum Gasteiger partial charge on any atom is 0.244 e. The minimum Gasteiger partial charge on any atom is -0.496 e. The van der Waals surface area contributed by atoms with E-state index in [-0.39, 0.29) is 23.2 Å². The van der Waals surface area contributed by atoms with Gasteiger partial charge in [-0.2, -0.15) is 0 Å². The number of halogens is 2. The molecule has 2 rings (SSSR count). The number of sulfonamides is 1. The fourth-order valence-corrected chi connectivity index (χ4v) is 4.59. The van der Waals surface area contributed by atoms with Crippen molar-refractivity contribution >= 4 is 44.8 Å². The Bertz CT molecular complexity index is 982. The molecular formula is C20H24Cl2N2O4S. The molecule has 0 aliphatic carbocycles. The molecule has 0 spiro atoms. The topological polar surface area (TPSA) is 75.7 Å². The largest absolute Gasteiger partial charge is 0.496 e. The molecule has 2 aromatic carbocycles. The fourth-order valence-electron chi connectivity index (χ4n) is 3.09. The van der Waals surface area contributed by atoms with E-state index >= 15 is 0 Å². The van der Waals surface area contributed by atoms with Gasteiger partial charge in [-0.3, -0.25) is 9.10 Å². The highest BCUT2D eigenvalue weighted by Crippen LogP contribution is 2.31. The molecule has 9 heteroatoms. The van der Waals surface area contributed by atoms with Crippen LogP contribution >= 0.6 is 23.2 Å². The van der Waals surface area contributed by atoms with Crippen LogP contribution in [0.3, 0.4) is 0 Å². The Balaban J connectivity index is 2.36. The number of ether oxygens (including phenoxy) is 1. The predicted octanol–water partition coefficient (Wildman–Crippen LogP) is 4.42. The third-order valence-electron chi connectivity index (χ3n) is 4.45. The number of nitrogens with zero attached hydrogens (tertiary/aromatic N) is 1. The lowest BCUT2D eigenvalue weighted by Gasteiger charge is -2.31. The maximum atomic E-state index is 13.1. The highest BCUT2D eigenvalue weighted by molar-refractivity contribution is 7.92. The number of para-hydroxylation sites is 1. The van der Waals surface area contributed by atoms with Crippen LogP contribution in [0.5, 0.6) is 5.75 Å². The van der Waals surface area contributed by atoms with Gasteiger partial charge in [-0.25, -0.2) is 8.42 Å². The molecule has 1 amide bonds. The molecule has 6 nitrogen and oxygen atoms in total. The van der Waals surface area contributed by atoms with Crippen LogP contribution in [0.4, 0.5) is 5.69 Å². The first-order valence-electron chi connectivity index (χ1n) is 8.97. The third kappa shape index (κ3) is 5.56. The number of carbonyl (C=O) groups excluding carboxylic acids is 1. The number of hydrogen-bond acceptors (Lipinski definition) is 4. The van der Waals surface area contributed by atoms with E-state index in [1.807, 2.05) is 25.1 Å². The van der Waals surface area contributed by atoms with Gasteiger partial charge in [0.15, 0.2) is 0 Å². The van der Waals surface area contributed by atoms with Crippen molar-refractivity contribution in [2.24, 2.45) is 0 Å². The standard InChI is InChI=1S/C20H24Cl2N2O4S/c1-5-18(20(25)23-13(2)15-8-6-7-9-19(15)28-3)24(29(4,26)27)14-10-11-16(21)17(22)12-14/h6-13,18H,5H2,1-4H3,(H,23,25)/t13-,18+/m0/s1. The van der Waals surface area contributed by atoms with E-state index < -0.39 is 22.0 Å². The lowest BCUT2D eigenvalue weighted by atomic mass is 10.1. The molecule has 0 aliphatic rings. The summed E-state index contributed by atoms with van der Waals surface area (Å²) < 4.78 is 31.5. The van der Waals surface area contributed by atoms with Crippen LogP contribution in [0, 0.1) is 0 Å². The number of benzene rings is 2. The average Bonchev–Trinajstić information content (AvgIpc) is 2.67. The molecule has 29 heavy (non-hydrogen) atoms. The number of hydrogen-bond donors (Lipinski definition) is 1. The monoisotopic (exact) mass is 458 g/mol. The number of anilines is 1. The predicted molar refractivity (Wildman–Crippen MR) is 117 cm³/mol. The Kier molecular flexibility index (Phi) is 7.80. The van der Waals surface area contributed by atoms with Crippen molar-refractivity contribution in [1.82, 2.24) is 5.32 Å². The zero-order valence-electron chi connectivity index (χ0n) is 16.6. The van der Waals surface area contributed by atoms with E-state index in [1.54, 1.807) is 20.1 Å². The first kappa shape index (κ1) is 23.3. The van der Waals surface area contributed by atoms with Crippen molar-refractivity contribution < 1.29 is 17.9 Å². The van der Waals surface area contributed by atoms with Gasteiger partial charge < -0.3 is 10.1 Å². The molecule has 1 N–H and O–H groups in total. The highest BCUT2D eigenvalue weighted by Gasteiger charge is 2.32. The molecular weight excluding hydrogens is 435 g/mol. The Morgan fingerprint density at radius 2 is 1.83 bits per heavy atom. The Hall–Kier alpha value is -1.96. The second-order valence-electron chi connectivity index (χ2n) is 6.55. The van der Waals surface area contributed by atoms with Crippen molar-refractivity contribution in [3.8, 4) is 5.75 Å². The van der Waals surface area contributed by atoms with Crippen LogP contribution in [-0.4, -0.2) is 33.7 Å². The van der Waals surface area contributed by atoms with E-state index in [0.717, 1.165) is 16.1 Å². The van der Waals surface area contributed by atoms with E-state index in [1.165, 1.54) is 18.2 Å². The van der Waals surface area contributed by atoms with Crippen molar-refractivity contribution in [3.63, 3.8) is 0 Å². The summed E-state index contributed by atoms with van der Waals surface area (Å²) >= 11 is 12.0. The lowest BCUT2D eigenvalue weighted by Crippen LogP contribution is -2.49. The molecule has 0 bridgehead atoms. The van der Waals surface area contributed by atoms with Crippen molar-refractivity contribution in [2.45, 2.75) is 32.4 Å². The Labute approximate surface area is 181 Å². The van der Waals surface area contributed by atoms with E-state index in [4.69, 9.17) is 27.9 Å². The molecule has 2 aromatic rings. The summed E-state index contributed by atoms with van der Waals surface area (Å²) in [5.74, 6) is 0.209. The number of carbonyl (C=O) groups is 1. The lowest BCUT2D eigenvalue weighted by molar-refractivity contribution is -0.122. The van der Waals surface area contributed by atoms with Gasteiger partial charge in [0.2, 0.25) is 15.9 Å². The second kappa shape index (κ2) is 9.69. The smallest absolute Gasteiger partial charge is 0.244 e. The number of amides is 1. The van der Waals surface area contributed by atoms with Crippen molar-refractivity contribution in [2.75, 3.05) is 17.7 Å². The van der Waals surface area contributed by atoms with Gasteiger partial charge in [-0.1, -0.05) is 48.3 Å². The molecule has 0 saturated carbocycles. The van der Waals surface area contributed by atoms with Crippen molar-refractivity contribution in [3.05, 3.63) is 58.1 Å². The molecule has 0 unspecified atom stereocenters. The molecule has 0 saturated heterocycles. The van der Waals surface area contributed by atoms with Gasteiger partial charge >= 0.3 is 0 Å². The van der Waals surface area contributed by atoms with Crippen LogP contribution < -0.4 is 14.4 Å². The quantitative estimate of drug-likeness (QED) is 0.634. The minimum atomic E-state index is -3.77. The molecule has 0 heterocycles. The SMILES string of the molecule is CC[C@H](C(=O)N[C@@H](C)c1ccccc1OC)N(c1ccc(Cl)c(Cl)c1)S(C)(=O)=O. The maximum absolute atomic E-state index is 13.1. The van der Waals surface area contributed by atoms with Crippen LogP contribution in [0.2, 0.25) is 10.0 Å². The summed E-state index contributed by atoms with van der Waals surface area (Å²) in [6.45, 7) is 3.56. The van der Waals surface area contributed by atoms with E-state index in [9.17, 15) is 13.2 Å². The van der Waals surface area contributed by atoms with E-state index in [2.05, 4.69) is 5.32 Å². The van der Waals surface area contributed by atoms with Gasteiger partial charge in [-0.15, -0.1) is 0 Å². The molecule has 0 radical (unpaired) electrons. The normalized spacial score (nSPS) is 13.4. The summed E-state index contributed by atoms with van der Waals surface area (Å²) in [6, 6.07) is 10.4. The average molecular weight is 459 g/mol. The molecule has 0 fully saturated rings. The van der Waals surface area contributed by atoms with Crippen LogP contribution in [0.15, 0.2) is 42.5 Å². The summed E-state index contributed by atoms with van der Waals surface area (Å²) in [7, 11) is -2.22. The van der Waals surface area contributed by atoms with Gasteiger partial charge in [0, 0.05) is 5.56 Å². The van der Waals surface area contributed by atoms with Gasteiger partial charge in [0.1, 0.15) is 11.8 Å². The summed E-state index contributed by atoms with van der Waals surface area (Å²) in [6.07, 6.45) is 1.31. The number of rotatable bonds is 8. The molecule has 0 aromatic heterocycles. The molecule has 0 aliphatic heterocycles. The molecule has 158 valence electrons. The van der Waals surface area contributed by atoms with Crippen LogP contribution in [0.1, 0.15) is 31.9 Å². The Morgan fingerprint density at radius 3 is 2.38 bits per heavy atom.